The second kappa shape index (κ2) is 7.98. The monoisotopic (exact) mass is 283 g/mol. The number of nitrogens with zero attached hydrogens (tertiary/aromatic N) is 3. The van der Waals surface area contributed by atoms with Crippen molar-refractivity contribution < 1.29 is 9.32 Å². The summed E-state index contributed by atoms with van der Waals surface area (Å²) in [6.07, 6.45) is 0. The normalized spacial score (nSPS) is 11.6. The van der Waals surface area contributed by atoms with Crippen molar-refractivity contribution in [2.45, 2.75) is 20.4 Å². The molecule has 0 aliphatic heterocycles. The number of amides is 1. The molecule has 7 nitrogen and oxygen atoms in total. The van der Waals surface area contributed by atoms with Gasteiger partial charge in [0.15, 0.2) is 11.5 Å². The summed E-state index contributed by atoms with van der Waals surface area (Å²) < 4.78 is 5.18. The summed E-state index contributed by atoms with van der Waals surface area (Å²) in [5, 5.41) is 3.71. The first-order chi connectivity index (χ1) is 9.42. The predicted molar refractivity (Wildman–Crippen MR) is 76.8 cm³/mol. The highest BCUT2D eigenvalue weighted by atomic mass is 16.5. The van der Waals surface area contributed by atoms with Gasteiger partial charge in [0.2, 0.25) is 0 Å². The number of carbonyl (C=O) groups is 1. The molecule has 1 heterocycles. The van der Waals surface area contributed by atoms with Gasteiger partial charge in [0.05, 0.1) is 6.54 Å². The minimum atomic E-state index is -0.441. The van der Waals surface area contributed by atoms with Gasteiger partial charge in [-0.1, -0.05) is 19.0 Å². The second-order valence-electron chi connectivity index (χ2n) is 5.58. The van der Waals surface area contributed by atoms with E-state index >= 15 is 0 Å². The Morgan fingerprint density at radius 1 is 1.45 bits per heavy atom. The maximum atomic E-state index is 11.3. The summed E-state index contributed by atoms with van der Waals surface area (Å²) >= 11 is 0. The van der Waals surface area contributed by atoms with Gasteiger partial charge < -0.3 is 9.42 Å². The molecule has 0 unspecified atom stereocenters. The Morgan fingerprint density at radius 2 is 2.15 bits per heavy atom. The topological polar surface area (TPSA) is 87.6 Å². The van der Waals surface area contributed by atoms with Gasteiger partial charge in [0, 0.05) is 25.7 Å². The van der Waals surface area contributed by atoms with Crippen molar-refractivity contribution in [3.05, 3.63) is 17.5 Å². The fraction of sp³-hybridized carbons (Fsp3) is 0.692. The molecule has 0 spiro atoms. The van der Waals surface area contributed by atoms with Crippen LogP contribution in [-0.4, -0.2) is 54.6 Å². The van der Waals surface area contributed by atoms with Crippen LogP contribution in [-0.2, 0) is 6.54 Å². The number of aromatic nitrogens is 1. The maximum absolute atomic E-state index is 11.3. The van der Waals surface area contributed by atoms with Gasteiger partial charge >= 0.3 is 0 Å². The lowest BCUT2D eigenvalue weighted by Gasteiger charge is -2.24. The maximum Gasteiger partial charge on any atom is 0.287 e. The van der Waals surface area contributed by atoms with E-state index in [-0.39, 0.29) is 5.69 Å². The number of hydrogen-bond acceptors (Lipinski definition) is 6. The largest absolute Gasteiger partial charge is 0.359 e. The van der Waals surface area contributed by atoms with Crippen LogP contribution in [0.15, 0.2) is 10.6 Å². The van der Waals surface area contributed by atoms with Crippen LogP contribution in [0.25, 0.3) is 0 Å². The molecular formula is C13H25N5O2. The van der Waals surface area contributed by atoms with Crippen molar-refractivity contribution >= 4 is 5.91 Å². The Balaban J connectivity index is 2.63. The van der Waals surface area contributed by atoms with Crippen molar-refractivity contribution in [1.29, 1.82) is 0 Å². The van der Waals surface area contributed by atoms with Gasteiger partial charge in [-0.3, -0.25) is 15.1 Å². The SMILES string of the molecule is CC(C)CN(CCN(C)C)Cc1cc(C(=O)NN)no1. The Bertz CT molecular complexity index is 417. The molecular weight excluding hydrogens is 258 g/mol. The van der Waals surface area contributed by atoms with Gasteiger partial charge in [-0.15, -0.1) is 0 Å². The van der Waals surface area contributed by atoms with Crippen molar-refractivity contribution in [1.82, 2.24) is 20.4 Å². The van der Waals surface area contributed by atoms with Crippen LogP contribution in [0.2, 0.25) is 0 Å². The fourth-order valence-corrected chi connectivity index (χ4v) is 1.88. The van der Waals surface area contributed by atoms with Gasteiger partial charge in [0.25, 0.3) is 5.91 Å². The van der Waals surface area contributed by atoms with Crippen LogP contribution >= 0.6 is 0 Å². The van der Waals surface area contributed by atoms with E-state index in [4.69, 9.17) is 10.4 Å². The highest BCUT2D eigenvalue weighted by Crippen LogP contribution is 2.09. The number of nitrogens with two attached hydrogens (primary N) is 1. The summed E-state index contributed by atoms with van der Waals surface area (Å²) in [5.74, 6) is 5.85. The summed E-state index contributed by atoms with van der Waals surface area (Å²) in [7, 11) is 4.09. The number of rotatable bonds is 8. The van der Waals surface area contributed by atoms with Crippen molar-refractivity contribution in [3.63, 3.8) is 0 Å². The highest BCUT2D eigenvalue weighted by molar-refractivity contribution is 5.91. The van der Waals surface area contributed by atoms with Gasteiger partial charge in [0.1, 0.15) is 0 Å². The lowest BCUT2D eigenvalue weighted by Crippen LogP contribution is -2.33. The molecule has 1 aromatic rings. The Morgan fingerprint density at radius 3 is 2.70 bits per heavy atom. The third kappa shape index (κ3) is 5.68. The molecule has 0 bridgehead atoms. The molecule has 0 atom stereocenters. The first-order valence-corrected chi connectivity index (χ1v) is 6.76. The van der Waals surface area contributed by atoms with Gasteiger partial charge in [-0.05, 0) is 20.0 Å². The van der Waals surface area contributed by atoms with E-state index in [9.17, 15) is 4.79 Å². The van der Waals surface area contributed by atoms with E-state index in [0.717, 1.165) is 19.6 Å². The molecule has 7 heteroatoms. The van der Waals surface area contributed by atoms with E-state index in [0.29, 0.717) is 18.2 Å². The lowest BCUT2D eigenvalue weighted by molar-refractivity contribution is 0.0944. The Labute approximate surface area is 120 Å². The number of likely N-dealkylation sites (N-methyl/N-ethyl adjacent to an activating group) is 1. The van der Waals surface area contributed by atoms with Crippen LogP contribution in [0.3, 0.4) is 0 Å². The molecule has 1 rings (SSSR count). The van der Waals surface area contributed by atoms with E-state index < -0.39 is 5.91 Å². The zero-order chi connectivity index (χ0) is 15.1. The van der Waals surface area contributed by atoms with Crippen molar-refractivity contribution in [2.75, 3.05) is 33.7 Å². The van der Waals surface area contributed by atoms with E-state index in [1.165, 1.54) is 0 Å². The third-order valence-electron chi connectivity index (χ3n) is 2.79. The van der Waals surface area contributed by atoms with Gasteiger partial charge in [-0.2, -0.15) is 0 Å². The zero-order valence-electron chi connectivity index (χ0n) is 12.7. The van der Waals surface area contributed by atoms with Crippen molar-refractivity contribution in [3.8, 4) is 0 Å². The molecule has 3 N–H and O–H groups in total. The highest BCUT2D eigenvalue weighted by Gasteiger charge is 2.15. The molecule has 0 aliphatic rings. The van der Waals surface area contributed by atoms with E-state index in [1.807, 2.05) is 19.5 Å². The predicted octanol–water partition coefficient (Wildman–Crippen LogP) is 0.298. The summed E-state index contributed by atoms with van der Waals surface area (Å²) in [6, 6.07) is 1.63. The third-order valence-corrected chi connectivity index (χ3v) is 2.79. The molecule has 0 saturated carbocycles. The number of carbonyl (C=O) groups excluding carboxylic acids is 1. The summed E-state index contributed by atoms with van der Waals surface area (Å²) in [6.45, 7) is 7.86. The summed E-state index contributed by atoms with van der Waals surface area (Å²) in [5.41, 5.74) is 2.25. The van der Waals surface area contributed by atoms with Gasteiger partial charge in [-0.25, -0.2) is 5.84 Å². The van der Waals surface area contributed by atoms with E-state index in [2.05, 4.69) is 28.8 Å². The second-order valence-corrected chi connectivity index (χ2v) is 5.58. The average molecular weight is 283 g/mol. The average Bonchev–Trinajstić information content (AvgIpc) is 2.82. The van der Waals surface area contributed by atoms with Crippen LogP contribution in [0.4, 0.5) is 0 Å². The standard InChI is InChI=1S/C13H25N5O2/c1-10(2)8-18(6-5-17(3)4)9-11-7-12(16-20-11)13(19)15-14/h7,10H,5-6,8-9,14H2,1-4H3,(H,15,19). The molecule has 1 amide bonds. The molecule has 0 saturated heterocycles. The Hall–Kier alpha value is -1.44. The quantitative estimate of drug-likeness (QED) is 0.405. The fourth-order valence-electron chi connectivity index (χ4n) is 1.88. The molecule has 1 aromatic heterocycles. The Kier molecular flexibility index (Phi) is 6.63. The number of nitrogens with one attached hydrogen (secondary N) is 1. The lowest BCUT2D eigenvalue weighted by atomic mass is 10.2. The molecule has 114 valence electrons. The van der Waals surface area contributed by atoms with Crippen LogP contribution in [0.1, 0.15) is 30.1 Å². The first-order valence-electron chi connectivity index (χ1n) is 6.76. The van der Waals surface area contributed by atoms with Crippen LogP contribution in [0, 0.1) is 5.92 Å². The number of hydrazine groups is 1. The zero-order valence-corrected chi connectivity index (χ0v) is 12.7. The van der Waals surface area contributed by atoms with Crippen LogP contribution < -0.4 is 11.3 Å². The first kappa shape index (κ1) is 16.6. The minimum Gasteiger partial charge on any atom is -0.359 e. The number of nitrogen functional groups attached to an aromatic ring is 1. The smallest absolute Gasteiger partial charge is 0.287 e. The van der Waals surface area contributed by atoms with E-state index in [1.54, 1.807) is 6.07 Å². The molecule has 20 heavy (non-hydrogen) atoms. The van der Waals surface area contributed by atoms with Crippen molar-refractivity contribution in [2.24, 2.45) is 11.8 Å². The van der Waals surface area contributed by atoms with Crippen LogP contribution in [0.5, 0.6) is 0 Å². The molecule has 0 aromatic carbocycles. The molecule has 0 radical (unpaired) electrons. The molecule has 0 fully saturated rings. The molecule has 0 aliphatic carbocycles. The number of hydrogen-bond donors (Lipinski definition) is 2. The summed E-state index contributed by atoms with van der Waals surface area (Å²) in [4.78, 5) is 15.8. The minimum absolute atomic E-state index is 0.208.